The topological polar surface area (TPSA) is 93.8 Å². The molecule has 1 aliphatic rings. The van der Waals surface area contributed by atoms with E-state index in [-0.39, 0.29) is 16.8 Å². The number of methoxy groups -OCH3 is 1. The molecular weight excluding hydrogens is 326 g/mol. The molecule has 0 amide bonds. The molecule has 0 aromatic heterocycles. The zero-order valence-corrected chi connectivity index (χ0v) is 14.5. The van der Waals surface area contributed by atoms with Crippen LogP contribution in [0.25, 0.3) is 0 Å². The molecule has 1 heterocycles. The number of anilines is 1. The van der Waals surface area contributed by atoms with Gasteiger partial charge in [-0.25, -0.2) is 0 Å². The largest absolute Gasteiger partial charge is 0.496 e. The molecular formula is C17H19N3O3S. The summed E-state index contributed by atoms with van der Waals surface area (Å²) in [5.74, 6) is 0.536. The summed E-state index contributed by atoms with van der Waals surface area (Å²) in [5.41, 5.74) is 8.95. The molecule has 0 aliphatic carbocycles. The first kappa shape index (κ1) is 16.3. The van der Waals surface area contributed by atoms with Gasteiger partial charge in [0.15, 0.2) is 0 Å². The lowest BCUT2D eigenvalue weighted by Gasteiger charge is -2.25. The van der Waals surface area contributed by atoms with Gasteiger partial charge in [-0.2, -0.15) is 8.42 Å². The van der Waals surface area contributed by atoms with E-state index in [1.54, 1.807) is 19.2 Å². The van der Waals surface area contributed by atoms with Crippen LogP contribution in [0.3, 0.4) is 0 Å². The molecule has 7 heteroatoms. The number of aryl methyl sites for hydroxylation is 1. The average molecular weight is 345 g/mol. The van der Waals surface area contributed by atoms with Gasteiger partial charge in [0.05, 0.1) is 12.8 Å². The number of nitrogens with one attached hydrogen (secondary N) is 1. The average Bonchev–Trinajstić information content (AvgIpc) is 2.53. The van der Waals surface area contributed by atoms with E-state index >= 15 is 0 Å². The Bertz CT molecular complexity index is 936. The number of para-hydroxylation sites is 1. The van der Waals surface area contributed by atoms with Crippen LogP contribution < -0.4 is 15.8 Å². The molecule has 1 aliphatic heterocycles. The predicted octanol–water partition coefficient (Wildman–Crippen LogP) is 2.58. The van der Waals surface area contributed by atoms with Crippen molar-refractivity contribution < 1.29 is 13.2 Å². The van der Waals surface area contributed by atoms with Gasteiger partial charge in [-0.15, -0.1) is 4.40 Å². The van der Waals surface area contributed by atoms with Gasteiger partial charge in [-0.1, -0.05) is 31.2 Å². The van der Waals surface area contributed by atoms with Crippen molar-refractivity contribution in [1.29, 1.82) is 0 Å². The molecule has 24 heavy (non-hydrogen) atoms. The van der Waals surface area contributed by atoms with Crippen LogP contribution in [0.4, 0.5) is 5.69 Å². The first-order valence-electron chi connectivity index (χ1n) is 7.49. The Morgan fingerprint density at radius 3 is 2.62 bits per heavy atom. The zero-order valence-electron chi connectivity index (χ0n) is 13.7. The minimum absolute atomic E-state index is 0.0929. The Hall–Kier alpha value is -2.54. The molecule has 0 bridgehead atoms. The number of sulfonamides is 1. The van der Waals surface area contributed by atoms with Crippen molar-refractivity contribution in [3.8, 4) is 5.75 Å². The maximum Gasteiger partial charge on any atom is 0.287 e. The fourth-order valence-corrected chi connectivity index (χ4v) is 4.18. The third kappa shape index (κ3) is 2.60. The molecule has 1 unspecified atom stereocenters. The molecule has 3 rings (SSSR count). The van der Waals surface area contributed by atoms with Crippen molar-refractivity contribution >= 4 is 21.7 Å². The summed E-state index contributed by atoms with van der Waals surface area (Å²) in [7, 11) is -2.18. The second-order valence-electron chi connectivity index (χ2n) is 5.71. The van der Waals surface area contributed by atoms with Gasteiger partial charge >= 0.3 is 0 Å². The van der Waals surface area contributed by atoms with E-state index in [1.165, 1.54) is 0 Å². The van der Waals surface area contributed by atoms with Gasteiger partial charge in [0.1, 0.15) is 10.6 Å². The summed E-state index contributed by atoms with van der Waals surface area (Å²) in [5, 5.41) is 2.92. The number of nitrogens with zero attached hydrogens (tertiary/aromatic N) is 1. The molecule has 0 fully saturated rings. The fraction of sp³-hybridized carbons (Fsp3) is 0.235. The predicted molar refractivity (Wildman–Crippen MR) is 94.1 cm³/mol. The normalized spacial score (nSPS) is 16.5. The van der Waals surface area contributed by atoms with Crippen LogP contribution in [0.15, 0.2) is 45.7 Å². The standard InChI is InChI=1S/C17H19N3O3S/c1-10-8-9-14-16(19-17(18)20-24(14,21)22)15(10)11(2)12-6-4-5-7-13(12)23-3/h4-9,11H,1-3H3,(H3,18,19,20). The first-order chi connectivity index (χ1) is 11.3. The molecule has 6 nitrogen and oxygen atoms in total. The van der Waals surface area contributed by atoms with Gasteiger partial charge in [-0.05, 0) is 30.2 Å². The fourth-order valence-electron chi connectivity index (χ4n) is 3.11. The highest BCUT2D eigenvalue weighted by atomic mass is 32.2. The number of hydrogen-bond acceptors (Lipinski definition) is 5. The van der Waals surface area contributed by atoms with Gasteiger partial charge < -0.3 is 15.8 Å². The van der Waals surface area contributed by atoms with Crippen molar-refractivity contribution in [3.05, 3.63) is 53.1 Å². The number of ether oxygens (including phenoxy) is 1. The summed E-state index contributed by atoms with van der Waals surface area (Å²) >= 11 is 0. The summed E-state index contributed by atoms with van der Waals surface area (Å²) < 4.78 is 33.6. The number of guanidine groups is 1. The van der Waals surface area contributed by atoms with Crippen LogP contribution in [0.1, 0.15) is 29.5 Å². The lowest BCUT2D eigenvalue weighted by atomic mass is 9.88. The number of hydrogen-bond donors (Lipinski definition) is 2. The van der Waals surface area contributed by atoms with Crippen LogP contribution in [-0.4, -0.2) is 21.5 Å². The Balaban J connectivity index is 2.24. The summed E-state index contributed by atoms with van der Waals surface area (Å²) in [4.78, 5) is 0.138. The lowest BCUT2D eigenvalue weighted by Crippen LogP contribution is -2.30. The smallest absolute Gasteiger partial charge is 0.287 e. The molecule has 126 valence electrons. The first-order valence-corrected chi connectivity index (χ1v) is 8.93. The van der Waals surface area contributed by atoms with Gasteiger partial charge in [0.2, 0.25) is 5.96 Å². The van der Waals surface area contributed by atoms with Crippen molar-refractivity contribution in [2.75, 3.05) is 12.4 Å². The van der Waals surface area contributed by atoms with E-state index in [9.17, 15) is 8.42 Å². The quantitative estimate of drug-likeness (QED) is 0.892. The molecule has 0 radical (unpaired) electrons. The molecule has 1 atom stereocenters. The number of rotatable bonds is 3. The second kappa shape index (κ2) is 5.83. The maximum absolute atomic E-state index is 12.3. The van der Waals surface area contributed by atoms with Crippen LogP contribution >= 0.6 is 0 Å². The molecule has 2 aromatic rings. The van der Waals surface area contributed by atoms with Crippen molar-refractivity contribution in [3.63, 3.8) is 0 Å². The van der Waals surface area contributed by atoms with Crippen LogP contribution in [-0.2, 0) is 10.0 Å². The number of nitrogens with two attached hydrogens (primary N) is 1. The molecule has 0 saturated heterocycles. The Labute approximate surface area is 141 Å². The SMILES string of the molecule is COc1ccccc1C(C)c1c(C)ccc2c1NC(N)=NS2(=O)=O. The zero-order chi connectivity index (χ0) is 17.5. The van der Waals surface area contributed by atoms with Crippen molar-refractivity contribution in [1.82, 2.24) is 0 Å². The molecule has 0 saturated carbocycles. The van der Waals surface area contributed by atoms with Crippen LogP contribution in [0.5, 0.6) is 5.75 Å². The van der Waals surface area contributed by atoms with Crippen molar-refractivity contribution in [2.45, 2.75) is 24.7 Å². The third-order valence-corrected chi connectivity index (χ3v) is 5.55. The highest BCUT2D eigenvalue weighted by molar-refractivity contribution is 7.90. The lowest BCUT2D eigenvalue weighted by molar-refractivity contribution is 0.408. The molecule has 0 spiro atoms. The minimum Gasteiger partial charge on any atom is -0.496 e. The second-order valence-corrected chi connectivity index (χ2v) is 7.28. The van der Waals surface area contributed by atoms with E-state index < -0.39 is 10.0 Å². The van der Waals surface area contributed by atoms with Crippen LogP contribution in [0, 0.1) is 6.92 Å². The Kier molecular flexibility index (Phi) is 3.96. The Morgan fingerprint density at radius 1 is 1.21 bits per heavy atom. The molecule has 3 N–H and O–H groups in total. The van der Waals surface area contributed by atoms with E-state index in [2.05, 4.69) is 9.71 Å². The van der Waals surface area contributed by atoms with E-state index in [1.807, 2.05) is 38.1 Å². The van der Waals surface area contributed by atoms with Gasteiger partial charge in [-0.3, -0.25) is 0 Å². The summed E-state index contributed by atoms with van der Waals surface area (Å²) in [6, 6.07) is 11.0. The number of benzene rings is 2. The maximum atomic E-state index is 12.3. The van der Waals surface area contributed by atoms with Crippen molar-refractivity contribution in [2.24, 2.45) is 10.1 Å². The number of fused-ring (bicyclic) bond motifs is 1. The van der Waals surface area contributed by atoms with E-state index in [0.29, 0.717) is 5.69 Å². The summed E-state index contributed by atoms with van der Waals surface area (Å²) in [6.07, 6.45) is 0. The van der Waals surface area contributed by atoms with Gasteiger partial charge in [0.25, 0.3) is 10.0 Å². The van der Waals surface area contributed by atoms with E-state index in [0.717, 1.165) is 22.4 Å². The Morgan fingerprint density at radius 2 is 1.92 bits per heavy atom. The molecule has 2 aromatic carbocycles. The van der Waals surface area contributed by atoms with Crippen LogP contribution in [0.2, 0.25) is 0 Å². The monoisotopic (exact) mass is 345 g/mol. The third-order valence-electron chi connectivity index (χ3n) is 4.21. The van der Waals surface area contributed by atoms with Gasteiger partial charge in [0, 0.05) is 11.5 Å². The highest BCUT2D eigenvalue weighted by Gasteiger charge is 2.29. The van der Waals surface area contributed by atoms with E-state index in [4.69, 9.17) is 10.5 Å². The minimum atomic E-state index is -3.79. The summed E-state index contributed by atoms with van der Waals surface area (Å²) in [6.45, 7) is 3.95. The highest BCUT2D eigenvalue weighted by Crippen LogP contribution is 2.41.